The van der Waals surface area contributed by atoms with Gasteiger partial charge in [-0.2, -0.15) is 0 Å². The number of nitrogens with one attached hydrogen (secondary N) is 1. The van der Waals surface area contributed by atoms with E-state index in [9.17, 15) is 14.0 Å². The second-order valence-electron chi connectivity index (χ2n) is 5.83. The van der Waals surface area contributed by atoms with E-state index in [1.165, 1.54) is 34.4 Å². The van der Waals surface area contributed by atoms with Gasteiger partial charge in [-0.1, -0.05) is 0 Å². The predicted molar refractivity (Wildman–Crippen MR) is 97.5 cm³/mol. The van der Waals surface area contributed by atoms with Gasteiger partial charge >= 0.3 is 0 Å². The Balaban J connectivity index is 1.96. The summed E-state index contributed by atoms with van der Waals surface area (Å²) in [6, 6.07) is 6.12. The van der Waals surface area contributed by atoms with E-state index >= 15 is 0 Å². The molecule has 0 unspecified atom stereocenters. The zero-order chi connectivity index (χ0) is 18.4. The van der Waals surface area contributed by atoms with E-state index in [4.69, 9.17) is 0 Å². The van der Waals surface area contributed by atoms with Crippen molar-refractivity contribution in [1.29, 1.82) is 0 Å². The van der Waals surface area contributed by atoms with E-state index in [0.717, 1.165) is 10.6 Å². The van der Waals surface area contributed by atoms with Gasteiger partial charge in [0, 0.05) is 30.1 Å². The van der Waals surface area contributed by atoms with Crippen molar-refractivity contribution in [1.82, 2.24) is 15.2 Å². The summed E-state index contributed by atoms with van der Waals surface area (Å²) in [7, 11) is 1.57. The van der Waals surface area contributed by atoms with Crippen molar-refractivity contribution in [3.05, 3.63) is 47.2 Å². The molecule has 0 atom stereocenters. The Hall–Kier alpha value is -2.54. The summed E-state index contributed by atoms with van der Waals surface area (Å²) in [6.45, 7) is 3.72. The number of hydrogen-bond acceptors (Lipinski definition) is 4. The minimum Gasteiger partial charge on any atom is -0.352 e. The molecular weight excluding hydrogens is 341 g/mol. The first-order chi connectivity index (χ1) is 11.8. The molecule has 1 aromatic carbocycles. The second kappa shape index (κ2) is 8.53. The molecule has 2 aromatic rings. The van der Waals surface area contributed by atoms with Crippen LogP contribution < -0.4 is 5.32 Å². The Morgan fingerprint density at radius 1 is 1.32 bits per heavy atom. The average Bonchev–Trinajstić information content (AvgIpc) is 3.01. The van der Waals surface area contributed by atoms with Crippen LogP contribution in [0.5, 0.6) is 0 Å². The van der Waals surface area contributed by atoms with Crippen LogP contribution in [0.2, 0.25) is 0 Å². The summed E-state index contributed by atoms with van der Waals surface area (Å²) >= 11 is 1.41. The van der Waals surface area contributed by atoms with E-state index < -0.39 is 0 Å². The van der Waals surface area contributed by atoms with Crippen molar-refractivity contribution in [3.63, 3.8) is 0 Å². The normalized spacial score (nSPS) is 11.1. The molecule has 1 N–H and O–H groups in total. The Bertz CT molecular complexity index is 769. The first-order valence-corrected chi connectivity index (χ1v) is 8.67. The van der Waals surface area contributed by atoms with Crippen molar-refractivity contribution in [3.8, 4) is 10.6 Å². The molecule has 5 nitrogen and oxygen atoms in total. The monoisotopic (exact) mass is 361 g/mol. The van der Waals surface area contributed by atoms with Crippen LogP contribution in [-0.2, 0) is 9.59 Å². The van der Waals surface area contributed by atoms with Crippen LogP contribution in [0.25, 0.3) is 16.6 Å². The Morgan fingerprint density at radius 3 is 2.64 bits per heavy atom. The summed E-state index contributed by atoms with van der Waals surface area (Å²) in [5.74, 6) is -0.780. The molecule has 0 aliphatic carbocycles. The van der Waals surface area contributed by atoms with Gasteiger partial charge in [-0.25, -0.2) is 9.37 Å². The number of rotatable bonds is 6. The number of thiazole rings is 1. The fourth-order valence-electron chi connectivity index (χ4n) is 2.03. The third kappa shape index (κ3) is 5.79. The number of hydrogen-bond donors (Lipinski definition) is 1. The van der Waals surface area contributed by atoms with Crippen molar-refractivity contribution < 1.29 is 14.0 Å². The lowest BCUT2D eigenvalue weighted by Gasteiger charge is -2.16. The molecular formula is C18H20FN3O2S. The highest BCUT2D eigenvalue weighted by Gasteiger charge is 2.11. The molecule has 7 heteroatoms. The smallest absolute Gasteiger partial charge is 0.246 e. The molecule has 0 saturated carbocycles. The molecule has 1 heterocycles. The standard InChI is InChI=1S/C18H20FN3O2S/c1-12(2)20-16(23)10-22(3)17(24)9-8-15-11-25-18(21-15)13-4-6-14(19)7-5-13/h4-9,11-12H,10H2,1-3H3,(H,20,23)/b9-8+. The Morgan fingerprint density at radius 2 is 2.00 bits per heavy atom. The molecule has 0 aliphatic heterocycles. The van der Waals surface area contributed by atoms with Crippen LogP contribution >= 0.6 is 11.3 Å². The van der Waals surface area contributed by atoms with Crippen molar-refractivity contribution in [2.75, 3.05) is 13.6 Å². The van der Waals surface area contributed by atoms with Crippen LogP contribution in [0.4, 0.5) is 4.39 Å². The molecule has 25 heavy (non-hydrogen) atoms. The lowest BCUT2D eigenvalue weighted by molar-refractivity contribution is -0.131. The number of aromatic nitrogens is 1. The molecule has 1 aromatic heterocycles. The molecule has 0 bridgehead atoms. The molecule has 0 radical (unpaired) electrons. The van der Waals surface area contributed by atoms with Crippen LogP contribution in [-0.4, -0.2) is 41.3 Å². The number of likely N-dealkylation sites (N-methyl/N-ethyl adjacent to an activating group) is 1. The maximum atomic E-state index is 13.0. The van der Waals surface area contributed by atoms with Gasteiger partial charge < -0.3 is 10.2 Å². The van der Waals surface area contributed by atoms with Gasteiger partial charge in [0.2, 0.25) is 11.8 Å². The number of benzene rings is 1. The highest BCUT2D eigenvalue weighted by atomic mass is 32.1. The van der Waals surface area contributed by atoms with Crippen LogP contribution in [0.15, 0.2) is 35.7 Å². The predicted octanol–water partition coefficient (Wildman–Crippen LogP) is 2.95. The maximum Gasteiger partial charge on any atom is 0.246 e. The van der Waals surface area contributed by atoms with Gasteiger partial charge in [0.15, 0.2) is 0 Å². The highest BCUT2D eigenvalue weighted by Crippen LogP contribution is 2.24. The second-order valence-corrected chi connectivity index (χ2v) is 6.69. The molecule has 2 amide bonds. The van der Waals surface area contributed by atoms with Crippen LogP contribution in [0.3, 0.4) is 0 Å². The molecule has 0 spiro atoms. The van der Waals surface area contributed by atoms with Crippen LogP contribution in [0, 0.1) is 5.82 Å². The van der Waals surface area contributed by atoms with Gasteiger partial charge in [0.25, 0.3) is 0 Å². The van der Waals surface area contributed by atoms with Crippen molar-refractivity contribution >= 4 is 29.2 Å². The van der Waals surface area contributed by atoms with Crippen molar-refractivity contribution in [2.45, 2.75) is 19.9 Å². The lowest BCUT2D eigenvalue weighted by Crippen LogP contribution is -2.40. The summed E-state index contributed by atoms with van der Waals surface area (Å²) in [6.07, 6.45) is 2.98. The summed E-state index contributed by atoms with van der Waals surface area (Å²) < 4.78 is 13.0. The third-order valence-electron chi connectivity index (χ3n) is 3.22. The first-order valence-electron chi connectivity index (χ1n) is 7.79. The topological polar surface area (TPSA) is 62.3 Å². The third-order valence-corrected chi connectivity index (χ3v) is 4.13. The van der Waals surface area contributed by atoms with E-state index in [1.54, 1.807) is 25.3 Å². The average molecular weight is 361 g/mol. The fourth-order valence-corrected chi connectivity index (χ4v) is 2.83. The van der Waals surface area contributed by atoms with E-state index in [-0.39, 0.29) is 30.2 Å². The Kier molecular flexibility index (Phi) is 6.41. The quantitative estimate of drug-likeness (QED) is 0.805. The SMILES string of the molecule is CC(C)NC(=O)CN(C)C(=O)/C=C/c1csc(-c2ccc(F)cc2)n1. The first kappa shape index (κ1) is 18.8. The van der Waals surface area contributed by atoms with Gasteiger partial charge in [-0.15, -0.1) is 11.3 Å². The van der Waals surface area contributed by atoms with E-state index in [0.29, 0.717) is 5.69 Å². The fraction of sp³-hybridized carbons (Fsp3) is 0.278. The van der Waals surface area contributed by atoms with E-state index in [1.807, 2.05) is 19.2 Å². The molecule has 132 valence electrons. The largest absolute Gasteiger partial charge is 0.352 e. The van der Waals surface area contributed by atoms with E-state index in [2.05, 4.69) is 10.3 Å². The summed E-state index contributed by atoms with van der Waals surface area (Å²) in [4.78, 5) is 29.4. The minimum atomic E-state index is -0.296. The zero-order valence-corrected chi connectivity index (χ0v) is 15.1. The number of carbonyl (C=O) groups excluding carboxylic acids is 2. The van der Waals surface area contributed by atoms with Gasteiger partial charge in [-0.05, 0) is 44.2 Å². The minimum absolute atomic E-state index is 0.000746. The number of halogens is 1. The maximum absolute atomic E-state index is 13.0. The highest BCUT2D eigenvalue weighted by molar-refractivity contribution is 7.13. The van der Waals surface area contributed by atoms with Crippen LogP contribution in [0.1, 0.15) is 19.5 Å². The molecule has 0 fully saturated rings. The Labute approximate surface area is 150 Å². The molecule has 0 aliphatic rings. The number of nitrogens with zero attached hydrogens (tertiary/aromatic N) is 2. The van der Waals surface area contributed by atoms with Gasteiger partial charge in [0.1, 0.15) is 10.8 Å². The van der Waals surface area contributed by atoms with Crippen molar-refractivity contribution in [2.24, 2.45) is 0 Å². The number of amides is 2. The summed E-state index contributed by atoms with van der Waals surface area (Å²) in [5, 5.41) is 5.29. The van der Waals surface area contributed by atoms with Gasteiger partial charge in [0.05, 0.1) is 12.2 Å². The zero-order valence-electron chi connectivity index (χ0n) is 14.3. The summed E-state index contributed by atoms with van der Waals surface area (Å²) in [5.41, 5.74) is 1.46. The lowest BCUT2D eigenvalue weighted by atomic mass is 10.2. The van der Waals surface area contributed by atoms with Gasteiger partial charge in [-0.3, -0.25) is 9.59 Å². The molecule has 0 saturated heterocycles. The molecule has 2 rings (SSSR count). The number of carbonyl (C=O) groups is 2.